The van der Waals surface area contributed by atoms with Crippen molar-refractivity contribution in [1.29, 1.82) is 0 Å². The maximum absolute atomic E-state index is 12.8. The number of rotatable bonds is 6. The Balaban J connectivity index is 1.57. The van der Waals surface area contributed by atoms with Crippen LogP contribution < -0.4 is 14.9 Å². The molecule has 1 amide bonds. The van der Waals surface area contributed by atoms with Gasteiger partial charge in [0.15, 0.2) is 17.2 Å². The Labute approximate surface area is 169 Å². The average molecular weight is 390 g/mol. The number of hydrazone groups is 1. The first-order chi connectivity index (χ1) is 14.2. The molecule has 1 aliphatic rings. The number of ether oxygens (including phenoxy) is 2. The zero-order valence-corrected chi connectivity index (χ0v) is 16.4. The van der Waals surface area contributed by atoms with Crippen LogP contribution in [0.1, 0.15) is 33.7 Å². The number of methoxy groups -OCH3 is 2. The van der Waals surface area contributed by atoms with E-state index >= 15 is 0 Å². The van der Waals surface area contributed by atoms with Crippen LogP contribution in [0.5, 0.6) is 11.5 Å². The first-order valence-electron chi connectivity index (χ1n) is 9.43. The van der Waals surface area contributed by atoms with Crippen molar-refractivity contribution in [2.75, 3.05) is 14.2 Å². The molecule has 1 heterocycles. The summed E-state index contributed by atoms with van der Waals surface area (Å²) in [5.74, 6) is 0.834. The second kappa shape index (κ2) is 8.18. The lowest BCUT2D eigenvalue weighted by molar-refractivity contribution is 0.0949. The van der Waals surface area contributed by atoms with Crippen LogP contribution in [-0.2, 0) is 12.8 Å². The first kappa shape index (κ1) is 18.7. The van der Waals surface area contributed by atoms with Gasteiger partial charge in [-0.25, -0.2) is 10.1 Å². The van der Waals surface area contributed by atoms with Gasteiger partial charge in [-0.1, -0.05) is 24.3 Å². The lowest BCUT2D eigenvalue weighted by Gasteiger charge is -2.09. The summed E-state index contributed by atoms with van der Waals surface area (Å²) < 4.78 is 12.5. The molecule has 0 saturated heterocycles. The Morgan fingerprint density at radius 1 is 1.10 bits per heavy atom. The van der Waals surface area contributed by atoms with Gasteiger partial charge >= 0.3 is 0 Å². The van der Waals surface area contributed by atoms with Gasteiger partial charge in [-0.05, 0) is 43.5 Å². The number of nitrogens with one attached hydrogen (secondary N) is 1. The van der Waals surface area contributed by atoms with Crippen LogP contribution in [0.15, 0.2) is 53.6 Å². The quantitative estimate of drug-likeness (QED) is 0.518. The number of benzene rings is 2. The number of amides is 1. The molecule has 0 radical (unpaired) electrons. The van der Waals surface area contributed by atoms with Crippen molar-refractivity contribution in [2.45, 2.75) is 19.3 Å². The van der Waals surface area contributed by atoms with Crippen LogP contribution in [0, 0.1) is 0 Å². The van der Waals surface area contributed by atoms with E-state index in [1.807, 2.05) is 47.1 Å². The summed E-state index contributed by atoms with van der Waals surface area (Å²) in [6.45, 7) is 0. The van der Waals surface area contributed by atoms with Crippen LogP contribution in [-0.4, -0.2) is 36.1 Å². The molecule has 1 aliphatic carbocycles. The summed E-state index contributed by atoms with van der Waals surface area (Å²) in [5.41, 5.74) is 6.77. The number of fused-ring (bicyclic) bond motifs is 1. The monoisotopic (exact) mass is 390 g/mol. The summed E-state index contributed by atoms with van der Waals surface area (Å²) in [4.78, 5) is 12.8. The maximum Gasteiger partial charge on any atom is 0.292 e. The third kappa shape index (κ3) is 3.59. The normalized spacial score (nSPS) is 12.8. The Bertz CT molecular complexity index is 1060. The topological polar surface area (TPSA) is 77.7 Å². The molecular formula is C22H22N4O3. The first-order valence-corrected chi connectivity index (χ1v) is 9.43. The van der Waals surface area contributed by atoms with E-state index < -0.39 is 0 Å². The van der Waals surface area contributed by atoms with Gasteiger partial charge in [0.1, 0.15) is 0 Å². The summed E-state index contributed by atoms with van der Waals surface area (Å²) in [5, 5.41) is 8.67. The number of hydrogen-bond acceptors (Lipinski definition) is 5. The molecule has 0 unspecified atom stereocenters. The van der Waals surface area contributed by atoms with Gasteiger partial charge in [-0.3, -0.25) is 4.79 Å². The number of hydrogen-bond donors (Lipinski definition) is 1. The third-order valence-corrected chi connectivity index (χ3v) is 4.95. The molecule has 3 aromatic rings. The van der Waals surface area contributed by atoms with E-state index in [1.165, 1.54) is 6.21 Å². The minimum absolute atomic E-state index is 0.323. The molecule has 7 heteroatoms. The van der Waals surface area contributed by atoms with E-state index in [9.17, 15) is 4.79 Å². The molecule has 2 aromatic carbocycles. The average Bonchev–Trinajstić information content (AvgIpc) is 3.36. The van der Waals surface area contributed by atoms with Gasteiger partial charge < -0.3 is 9.47 Å². The Morgan fingerprint density at radius 3 is 2.69 bits per heavy atom. The number of carbonyl (C=O) groups excluding carboxylic acids is 1. The SMILES string of the molecule is COc1cccc(/C=N/NC(=O)c2nn(-c3ccccc3)c3c2CCC3)c1OC. The zero-order chi connectivity index (χ0) is 20.2. The van der Waals surface area contributed by atoms with Crippen molar-refractivity contribution in [2.24, 2.45) is 5.10 Å². The molecule has 0 spiro atoms. The van der Waals surface area contributed by atoms with Gasteiger partial charge in [0.05, 0.1) is 26.1 Å². The predicted octanol–water partition coefficient (Wildman–Crippen LogP) is 3.14. The van der Waals surface area contributed by atoms with E-state index in [0.29, 0.717) is 22.8 Å². The largest absolute Gasteiger partial charge is 0.493 e. The van der Waals surface area contributed by atoms with Crippen LogP contribution in [0.25, 0.3) is 5.69 Å². The summed E-state index contributed by atoms with van der Waals surface area (Å²) in [6, 6.07) is 15.3. The summed E-state index contributed by atoms with van der Waals surface area (Å²) >= 11 is 0. The minimum atomic E-state index is -0.323. The molecule has 0 atom stereocenters. The Hall–Kier alpha value is -3.61. The van der Waals surface area contributed by atoms with Gasteiger partial charge in [0.2, 0.25) is 0 Å². The molecule has 1 aromatic heterocycles. The van der Waals surface area contributed by atoms with Crippen molar-refractivity contribution in [3.8, 4) is 17.2 Å². The number of nitrogens with zero attached hydrogens (tertiary/aromatic N) is 3. The van der Waals surface area contributed by atoms with Gasteiger partial charge in [-0.15, -0.1) is 0 Å². The summed E-state index contributed by atoms with van der Waals surface area (Å²) in [7, 11) is 3.14. The highest BCUT2D eigenvalue weighted by atomic mass is 16.5. The number of aromatic nitrogens is 2. The van der Waals surface area contributed by atoms with Crippen molar-refractivity contribution in [3.63, 3.8) is 0 Å². The fourth-order valence-electron chi connectivity index (χ4n) is 3.63. The third-order valence-electron chi connectivity index (χ3n) is 4.95. The molecule has 0 fully saturated rings. The number of para-hydroxylation sites is 2. The van der Waals surface area contributed by atoms with Gasteiger partial charge in [-0.2, -0.15) is 10.2 Å². The molecule has 29 heavy (non-hydrogen) atoms. The minimum Gasteiger partial charge on any atom is -0.493 e. The fraction of sp³-hybridized carbons (Fsp3) is 0.227. The van der Waals surface area contributed by atoms with E-state index in [0.717, 1.165) is 36.2 Å². The molecule has 7 nitrogen and oxygen atoms in total. The Morgan fingerprint density at radius 2 is 1.93 bits per heavy atom. The second-order valence-corrected chi connectivity index (χ2v) is 6.66. The fourth-order valence-corrected chi connectivity index (χ4v) is 3.63. The lowest BCUT2D eigenvalue weighted by atomic mass is 10.2. The highest BCUT2D eigenvalue weighted by Gasteiger charge is 2.26. The smallest absolute Gasteiger partial charge is 0.292 e. The molecule has 1 N–H and O–H groups in total. The van der Waals surface area contributed by atoms with Crippen molar-refractivity contribution in [3.05, 3.63) is 71.0 Å². The van der Waals surface area contributed by atoms with Gasteiger partial charge in [0, 0.05) is 16.8 Å². The van der Waals surface area contributed by atoms with E-state index in [2.05, 4.69) is 15.6 Å². The molecule has 0 saturated carbocycles. The highest BCUT2D eigenvalue weighted by Crippen LogP contribution is 2.30. The van der Waals surface area contributed by atoms with Crippen LogP contribution in [0.4, 0.5) is 0 Å². The maximum atomic E-state index is 12.8. The second-order valence-electron chi connectivity index (χ2n) is 6.66. The van der Waals surface area contributed by atoms with Crippen molar-refractivity contribution >= 4 is 12.1 Å². The van der Waals surface area contributed by atoms with E-state index in [1.54, 1.807) is 20.3 Å². The van der Waals surface area contributed by atoms with Crippen LogP contribution in [0.2, 0.25) is 0 Å². The molecule has 4 rings (SSSR count). The molecular weight excluding hydrogens is 368 g/mol. The van der Waals surface area contributed by atoms with E-state index in [-0.39, 0.29) is 5.91 Å². The lowest BCUT2D eigenvalue weighted by Crippen LogP contribution is -2.20. The van der Waals surface area contributed by atoms with E-state index in [4.69, 9.17) is 9.47 Å². The standard InChI is InChI=1S/C22H22N4O3/c1-28-19-13-6-8-15(21(19)29-2)14-23-24-22(27)20-17-11-7-12-18(17)26(25-20)16-9-4-3-5-10-16/h3-6,8-10,13-14H,7,11-12H2,1-2H3,(H,24,27)/b23-14+. The summed E-state index contributed by atoms with van der Waals surface area (Å²) in [6.07, 6.45) is 4.31. The highest BCUT2D eigenvalue weighted by molar-refractivity contribution is 5.95. The zero-order valence-electron chi connectivity index (χ0n) is 16.4. The Kier molecular flexibility index (Phi) is 5.29. The van der Waals surface area contributed by atoms with Crippen molar-refractivity contribution < 1.29 is 14.3 Å². The molecule has 148 valence electrons. The molecule has 0 aliphatic heterocycles. The number of carbonyl (C=O) groups is 1. The molecule has 0 bridgehead atoms. The van der Waals surface area contributed by atoms with Gasteiger partial charge in [0.25, 0.3) is 5.91 Å². The predicted molar refractivity (Wildman–Crippen MR) is 110 cm³/mol. The van der Waals surface area contributed by atoms with Crippen LogP contribution >= 0.6 is 0 Å². The van der Waals surface area contributed by atoms with Crippen LogP contribution in [0.3, 0.4) is 0 Å². The van der Waals surface area contributed by atoms with Crippen molar-refractivity contribution in [1.82, 2.24) is 15.2 Å².